The first kappa shape index (κ1) is 27.0. The molecule has 1 saturated heterocycles. The Morgan fingerprint density at radius 2 is 1.70 bits per heavy atom. The Kier molecular flexibility index (Phi) is 8.45. The minimum Gasteiger partial charge on any atom is -0.372 e. The Morgan fingerprint density at radius 1 is 1.05 bits per heavy atom. The summed E-state index contributed by atoms with van der Waals surface area (Å²) < 4.78 is 28.2. The summed E-state index contributed by atoms with van der Waals surface area (Å²) in [6, 6.07) is 21.0. The SMILES string of the molecule is Cc1ccc(S(=O)(=O)N(CC(=O)NC(C)c2ccc(N3CCC(C)CC3)cc2)c2cccc(Cl)c2)cc1. The van der Waals surface area contributed by atoms with Gasteiger partial charge in [0.2, 0.25) is 5.91 Å². The van der Waals surface area contributed by atoms with Crippen molar-refractivity contribution in [2.24, 2.45) is 5.92 Å². The lowest BCUT2D eigenvalue weighted by molar-refractivity contribution is -0.120. The van der Waals surface area contributed by atoms with Crippen molar-refractivity contribution >= 4 is 38.9 Å². The Morgan fingerprint density at radius 3 is 2.32 bits per heavy atom. The maximum Gasteiger partial charge on any atom is 0.264 e. The molecule has 1 N–H and O–H groups in total. The van der Waals surface area contributed by atoms with Crippen molar-refractivity contribution in [3.63, 3.8) is 0 Å². The molecule has 1 amide bonds. The second-order valence-electron chi connectivity index (χ2n) is 9.85. The zero-order valence-electron chi connectivity index (χ0n) is 21.5. The molecule has 196 valence electrons. The summed E-state index contributed by atoms with van der Waals surface area (Å²) in [5.74, 6) is 0.365. The van der Waals surface area contributed by atoms with Crippen LogP contribution in [-0.4, -0.2) is 34.0 Å². The van der Waals surface area contributed by atoms with Gasteiger partial charge in [0.15, 0.2) is 0 Å². The molecule has 3 aromatic carbocycles. The van der Waals surface area contributed by atoms with Gasteiger partial charge in [0, 0.05) is 23.8 Å². The summed E-state index contributed by atoms with van der Waals surface area (Å²) in [7, 11) is -4.00. The molecule has 1 atom stereocenters. The number of carbonyl (C=O) groups excluding carboxylic acids is 1. The Bertz CT molecular complexity index is 1320. The van der Waals surface area contributed by atoms with Gasteiger partial charge in [0.1, 0.15) is 6.54 Å². The van der Waals surface area contributed by atoms with Crippen LogP contribution in [0.25, 0.3) is 0 Å². The zero-order chi connectivity index (χ0) is 26.6. The number of piperidine rings is 1. The lowest BCUT2D eigenvalue weighted by Gasteiger charge is -2.32. The molecule has 4 rings (SSSR count). The third-order valence-electron chi connectivity index (χ3n) is 6.91. The van der Waals surface area contributed by atoms with Gasteiger partial charge in [-0.25, -0.2) is 8.42 Å². The number of benzene rings is 3. The monoisotopic (exact) mass is 539 g/mol. The van der Waals surface area contributed by atoms with Crippen LogP contribution in [0.5, 0.6) is 0 Å². The fourth-order valence-corrected chi connectivity index (χ4v) is 6.12. The van der Waals surface area contributed by atoms with Crippen LogP contribution in [0.3, 0.4) is 0 Å². The average molecular weight is 540 g/mol. The number of halogens is 1. The highest BCUT2D eigenvalue weighted by molar-refractivity contribution is 7.92. The predicted octanol–water partition coefficient (Wildman–Crippen LogP) is 5.96. The van der Waals surface area contributed by atoms with Crippen LogP contribution in [0, 0.1) is 12.8 Å². The van der Waals surface area contributed by atoms with Gasteiger partial charge < -0.3 is 10.2 Å². The molecule has 8 heteroatoms. The number of carbonyl (C=O) groups is 1. The van der Waals surface area contributed by atoms with Gasteiger partial charge in [0.05, 0.1) is 16.6 Å². The van der Waals surface area contributed by atoms with Gasteiger partial charge in [-0.1, -0.05) is 54.4 Å². The maximum atomic E-state index is 13.6. The molecule has 1 unspecified atom stereocenters. The van der Waals surface area contributed by atoms with E-state index in [0.29, 0.717) is 10.7 Å². The second kappa shape index (κ2) is 11.6. The Labute approximate surface area is 225 Å². The van der Waals surface area contributed by atoms with Gasteiger partial charge in [-0.15, -0.1) is 0 Å². The lowest BCUT2D eigenvalue weighted by Crippen LogP contribution is -2.41. The number of nitrogens with one attached hydrogen (secondary N) is 1. The molecular formula is C29H34ClN3O3S. The largest absolute Gasteiger partial charge is 0.372 e. The van der Waals surface area contributed by atoms with Crippen LogP contribution in [0.1, 0.15) is 43.9 Å². The van der Waals surface area contributed by atoms with E-state index in [2.05, 4.69) is 29.3 Å². The first-order chi connectivity index (χ1) is 17.6. The third-order valence-corrected chi connectivity index (χ3v) is 8.93. The van der Waals surface area contributed by atoms with Gasteiger partial charge in [-0.05, 0) is 80.6 Å². The summed E-state index contributed by atoms with van der Waals surface area (Å²) in [5.41, 5.74) is 3.42. The van der Waals surface area contributed by atoms with Crippen molar-refractivity contribution < 1.29 is 13.2 Å². The highest BCUT2D eigenvalue weighted by Crippen LogP contribution is 2.27. The Balaban J connectivity index is 1.49. The van der Waals surface area contributed by atoms with Crippen LogP contribution < -0.4 is 14.5 Å². The maximum absolute atomic E-state index is 13.6. The first-order valence-electron chi connectivity index (χ1n) is 12.6. The summed E-state index contributed by atoms with van der Waals surface area (Å²) in [6.45, 7) is 7.83. The van der Waals surface area contributed by atoms with Gasteiger partial charge >= 0.3 is 0 Å². The van der Waals surface area contributed by atoms with E-state index in [9.17, 15) is 13.2 Å². The number of anilines is 2. The van der Waals surface area contributed by atoms with E-state index in [4.69, 9.17) is 11.6 Å². The van der Waals surface area contributed by atoms with Crippen molar-refractivity contribution in [2.45, 2.75) is 44.6 Å². The van der Waals surface area contributed by atoms with E-state index >= 15 is 0 Å². The molecule has 0 aliphatic carbocycles. The van der Waals surface area contributed by atoms with Gasteiger partial charge in [-0.3, -0.25) is 9.10 Å². The number of hydrogen-bond acceptors (Lipinski definition) is 4. The molecule has 37 heavy (non-hydrogen) atoms. The number of hydrogen-bond donors (Lipinski definition) is 1. The number of nitrogens with zero attached hydrogens (tertiary/aromatic N) is 2. The quantitative estimate of drug-likeness (QED) is 0.383. The van der Waals surface area contributed by atoms with Crippen molar-refractivity contribution in [3.8, 4) is 0 Å². The molecule has 0 spiro atoms. The molecule has 0 bridgehead atoms. The molecule has 1 aliphatic rings. The van der Waals surface area contributed by atoms with Crippen LogP contribution >= 0.6 is 11.6 Å². The van der Waals surface area contributed by atoms with Crippen LogP contribution in [0.15, 0.2) is 77.7 Å². The number of sulfonamides is 1. The van der Waals surface area contributed by atoms with Crippen molar-refractivity contribution in [3.05, 3.63) is 88.9 Å². The predicted molar refractivity (Wildman–Crippen MR) is 151 cm³/mol. The molecule has 1 fully saturated rings. The van der Waals surface area contributed by atoms with Crippen LogP contribution in [0.2, 0.25) is 5.02 Å². The fourth-order valence-electron chi connectivity index (χ4n) is 4.53. The summed E-state index contributed by atoms with van der Waals surface area (Å²) >= 11 is 6.16. The minimum atomic E-state index is -4.00. The summed E-state index contributed by atoms with van der Waals surface area (Å²) in [5, 5.41) is 3.34. The highest BCUT2D eigenvalue weighted by Gasteiger charge is 2.28. The average Bonchev–Trinajstić information content (AvgIpc) is 2.88. The fraction of sp³-hybridized carbons (Fsp3) is 0.345. The van der Waals surface area contributed by atoms with E-state index in [-0.39, 0.29) is 17.5 Å². The van der Waals surface area contributed by atoms with Gasteiger partial charge in [-0.2, -0.15) is 0 Å². The second-order valence-corrected chi connectivity index (χ2v) is 12.2. The molecule has 0 radical (unpaired) electrons. The van der Waals surface area contributed by atoms with E-state index in [1.54, 1.807) is 48.5 Å². The lowest BCUT2D eigenvalue weighted by atomic mass is 9.98. The molecular weight excluding hydrogens is 506 g/mol. The minimum absolute atomic E-state index is 0.113. The normalized spacial score (nSPS) is 15.3. The van der Waals surface area contributed by atoms with Crippen molar-refractivity contribution in [1.82, 2.24) is 5.32 Å². The number of amides is 1. The first-order valence-corrected chi connectivity index (χ1v) is 14.4. The number of aryl methyl sites for hydroxylation is 1. The molecule has 1 aliphatic heterocycles. The van der Waals surface area contributed by atoms with E-state index in [1.165, 1.54) is 18.5 Å². The van der Waals surface area contributed by atoms with Crippen molar-refractivity contribution in [1.29, 1.82) is 0 Å². The van der Waals surface area contributed by atoms with Crippen molar-refractivity contribution in [2.75, 3.05) is 28.8 Å². The smallest absolute Gasteiger partial charge is 0.264 e. The van der Waals surface area contributed by atoms with E-state index in [1.807, 2.05) is 26.0 Å². The molecule has 1 heterocycles. The van der Waals surface area contributed by atoms with Crippen LogP contribution in [0.4, 0.5) is 11.4 Å². The van der Waals surface area contributed by atoms with Crippen LogP contribution in [-0.2, 0) is 14.8 Å². The van der Waals surface area contributed by atoms with E-state index in [0.717, 1.165) is 34.4 Å². The zero-order valence-corrected chi connectivity index (χ0v) is 23.1. The highest BCUT2D eigenvalue weighted by atomic mass is 35.5. The van der Waals surface area contributed by atoms with E-state index < -0.39 is 15.9 Å². The molecule has 0 aromatic heterocycles. The summed E-state index contributed by atoms with van der Waals surface area (Å²) in [6.07, 6.45) is 2.39. The topological polar surface area (TPSA) is 69.7 Å². The van der Waals surface area contributed by atoms with Gasteiger partial charge in [0.25, 0.3) is 10.0 Å². The third kappa shape index (κ3) is 6.65. The molecule has 6 nitrogen and oxygen atoms in total. The summed E-state index contributed by atoms with van der Waals surface area (Å²) in [4.78, 5) is 15.6. The number of rotatable bonds is 8. The standard InChI is InChI=1S/C29H34ClN3O3S/c1-21-7-13-28(14-8-21)37(35,36)33(27-6-4-5-25(30)19-27)20-29(34)31-23(3)24-9-11-26(12-10-24)32-17-15-22(2)16-18-32/h4-14,19,22-23H,15-18,20H2,1-3H3,(H,31,34). The molecule has 0 saturated carbocycles. The molecule has 3 aromatic rings. The Hall–Kier alpha value is -3.03.